The van der Waals surface area contributed by atoms with Gasteiger partial charge in [0.25, 0.3) is 11.8 Å². The van der Waals surface area contributed by atoms with Gasteiger partial charge in [0.15, 0.2) is 0 Å². The minimum absolute atomic E-state index is 0.0724. The predicted octanol–water partition coefficient (Wildman–Crippen LogP) is 2.15. The van der Waals surface area contributed by atoms with Crippen molar-refractivity contribution >= 4 is 34.8 Å². The number of aliphatic carboxylic acids is 1. The maximum absolute atomic E-state index is 12.6. The van der Waals surface area contributed by atoms with Crippen LogP contribution in [0.1, 0.15) is 15.9 Å². The van der Waals surface area contributed by atoms with Gasteiger partial charge in [0.1, 0.15) is 18.0 Å². The van der Waals surface area contributed by atoms with Crippen LogP contribution >= 0.6 is 0 Å². The summed E-state index contributed by atoms with van der Waals surface area (Å²) >= 11 is 0. The van der Waals surface area contributed by atoms with E-state index in [1.54, 1.807) is 30.5 Å². The van der Waals surface area contributed by atoms with Crippen LogP contribution in [0.15, 0.2) is 60.4 Å². The van der Waals surface area contributed by atoms with Gasteiger partial charge in [-0.25, -0.2) is 0 Å². The molecule has 0 radical (unpaired) electrons. The monoisotopic (exact) mass is 393 g/mol. The number of H-pyrrole nitrogens is 1. The minimum Gasteiger partial charge on any atom is -0.497 e. The Morgan fingerprint density at radius 2 is 1.83 bits per heavy atom. The van der Waals surface area contributed by atoms with Crippen molar-refractivity contribution < 1.29 is 24.2 Å². The van der Waals surface area contributed by atoms with Crippen molar-refractivity contribution in [2.24, 2.45) is 0 Å². The molecule has 0 unspecified atom stereocenters. The van der Waals surface area contributed by atoms with E-state index in [0.717, 1.165) is 10.9 Å². The SMILES string of the molecule is COc1ccc(C(=O)N/C(=C/c2c[nH]c3ccccc23)C(=O)NCC(=O)O)cc1. The fraction of sp³-hybridized carbons (Fsp3) is 0.0952. The van der Waals surface area contributed by atoms with Crippen LogP contribution in [0.3, 0.4) is 0 Å². The van der Waals surface area contributed by atoms with E-state index >= 15 is 0 Å². The topological polar surface area (TPSA) is 121 Å². The Labute approximate surface area is 166 Å². The molecule has 0 spiro atoms. The van der Waals surface area contributed by atoms with Gasteiger partial charge in [-0.1, -0.05) is 18.2 Å². The zero-order valence-corrected chi connectivity index (χ0v) is 15.6. The summed E-state index contributed by atoms with van der Waals surface area (Å²) < 4.78 is 5.07. The Morgan fingerprint density at radius 3 is 2.52 bits per heavy atom. The van der Waals surface area contributed by atoms with Crippen molar-refractivity contribution in [3.8, 4) is 5.75 Å². The highest BCUT2D eigenvalue weighted by Gasteiger charge is 2.16. The summed E-state index contributed by atoms with van der Waals surface area (Å²) in [5.74, 6) is -1.81. The van der Waals surface area contributed by atoms with E-state index < -0.39 is 24.3 Å². The zero-order chi connectivity index (χ0) is 20.8. The number of fused-ring (bicyclic) bond motifs is 1. The lowest BCUT2D eigenvalue weighted by molar-refractivity contribution is -0.137. The Hall–Kier alpha value is -4.07. The van der Waals surface area contributed by atoms with Crippen LogP contribution < -0.4 is 15.4 Å². The van der Waals surface area contributed by atoms with Crippen molar-refractivity contribution in [3.05, 3.63) is 71.6 Å². The molecule has 0 bridgehead atoms. The number of benzene rings is 2. The number of aromatic nitrogens is 1. The summed E-state index contributed by atoms with van der Waals surface area (Å²) in [6, 6.07) is 13.9. The first kappa shape index (κ1) is 19.7. The number of aromatic amines is 1. The van der Waals surface area contributed by atoms with Gasteiger partial charge in [-0.15, -0.1) is 0 Å². The summed E-state index contributed by atoms with van der Waals surface area (Å²) in [7, 11) is 1.52. The molecule has 3 aromatic rings. The Bertz CT molecular complexity index is 1080. The first-order valence-electron chi connectivity index (χ1n) is 8.71. The summed E-state index contributed by atoms with van der Waals surface area (Å²) in [5.41, 5.74) is 1.79. The van der Waals surface area contributed by atoms with E-state index in [-0.39, 0.29) is 5.70 Å². The van der Waals surface area contributed by atoms with Gasteiger partial charge in [-0.3, -0.25) is 14.4 Å². The molecule has 0 atom stereocenters. The molecule has 0 saturated carbocycles. The van der Waals surface area contributed by atoms with Gasteiger partial charge in [-0.05, 0) is 36.4 Å². The number of ether oxygens (including phenoxy) is 1. The first-order chi connectivity index (χ1) is 14.0. The lowest BCUT2D eigenvalue weighted by Gasteiger charge is -2.10. The van der Waals surface area contributed by atoms with E-state index in [1.165, 1.54) is 13.2 Å². The third-order valence-corrected chi connectivity index (χ3v) is 4.17. The molecule has 1 heterocycles. The maximum atomic E-state index is 12.6. The van der Waals surface area contributed by atoms with Crippen LogP contribution in [0.4, 0.5) is 0 Å². The normalized spacial score (nSPS) is 11.1. The molecule has 0 saturated heterocycles. The number of carbonyl (C=O) groups excluding carboxylic acids is 2. The zero-order valence-electron chi connectivity index (χ0n) is 15.6. The van der Waals surface area contributed by atoms with Gasteiger partial charge < -0.3 is 25.5 Å². The fourth-order valence-corrected chi connectivity index (χ4v) is 2.72. The highest BCUT2D eigenvalue weighted by Crippen LogP contribution is 2.20. The van der Waals surface area contributed by atoms with Crippen molar-refractivity contribution in [2.75, 3.05) is 13.7 Å². The van der Waals surface area contributed by atoms with Gasteiger partial charge in [0.2, 0.25) is 0 Å². The molecule has 8 nitrogen and oxygen atoms in total. The number of carboxylic acid groups (broad SMARTS) is 1. The summed E-state index contributed by atoms with van der Waals surface area (Å²) in [6.45, 7) is -0.567. The van der Waals surface area contributed by atoms with Crippen molar-refractivity contribution in [1.82, 2.24) is 15.6 Å². The molecule has 0 aliphatic carbocycles. The number of carboxylic acids is 1. The Balaban J connectivity index is 1.90. The summed E-state index contributed by atoms with van der Waals surface area (Å²) in [4.78, 5) is 38.9. The summed E-state index contributed by atoms with van der Waals surface area (Å²) in [6.07, 6.45) is 3.20. The quantitative estimate of drug-likeness (QED) is 0.459. The Morgan fingerprint density at radius 1 is 1.10 bits per heavy atom. The van der Waals surface area contributed by atoms with E-state index in [4.69, 9.17) is 9.84 Å². The number of para-hydroxylation sites is 1. The number of carbonyl (C=O) groups is 3. The number of hydrogen-bond acceptors (Lipinski definition) is 4. The molecule has 3 rings (SSSR count). The molecule has 2 amide bonds. The standard InChI is InChI=1S/C21H19N3O5/c1-29-15-8-6-13(7-9-15)20(27)24-18(21(28)23-12-19(25)26)10-14-11-22-17-5-3-2-4-16(14)17/h2-11,22H,12H2,1H3,(H,23,28)(H,24,27)(H,25,26)/b18-10+. The van der Waals surface area contributed by atoms with Crippen molar-refractivity contribution in [1.29, 1.82) is 0 Å². The van der Waals surface area contributed by atoms with Gasteiger partial charge in [0.05, 0.1) is 7.11 Å². The van der Waals surface area contributed by atoms with E-state index in [1.807, 2.05) is 24.3 Å². The van der Waals surface area contributed by atoms with Crippen molar-refractivity contribution in [2.45, 2.75) is 0 Å². The van der Waals surface area contributed by atoms with Crippen LogP contribution in [-0.4, -0.2) is 41.5 Å². The van der Waals surface area contributed by atoms with Gasteiger partial charge >= 0.3 is 5.97 Å². The second kappa shape index (κ2) is 8.75. The maximum Gasteiger partial charge on any atom is 0.322 e. The average Bonchev–Trinajstić information content (AvgIpc) is 3.14. The molecule has 4 N–H and O–H groups in total. The lowest BCUT2D eigenvalue weighted by Crippen LogP contribution is -2.37. The van der Waals surface area contributed by atoms with Crippen molar-refractivity contribution in [3.63, 3.8) is 0 Å². The third kappa shape index (κ3) is 4.81. The molecule has 0 fully saturated rings. The number of methoxy groups -OCH3 is 1. The number of nitrogens with one attached hydrogen (secondary N) is 3. The van der Waals surface area contributed by atoms with Crippen LogP contribution in [0, 0.1) is 0 Å². The number of hydrogen-bond donors (Lipinski definition) is 4. The molecule has 148 valence electrons. The molecule has 2 aromatic carbocycles. The molecule has 8 heteroatoms. The second-order valence-electron chi connectivity index (χ2n) is 6.11. The molecule has 29 heavy (non-hydrogen) atoms. The lowest BCUT2D eigenvalue weighted by atomic mass is 10.1. The van der Waals surface area contributed by atoms with E-state index in [9.17, 15) is 14.4 Å². The third-order valence-electron chi connectivity index (χ3n) is 4.17. The molecule has 0 aliphatic rings. The van der Waals surface area contributed by atoms with Gasteiger partial charge in [-0.2, -0.15) is 0 Å². The number of rotatable bonds is 7. The minimum atomic E-state index is -1.19. The predicted molar refractivity (Wildman–Crippen MR) is 107 cm³/mol. The molecular formula is C21H19N3O5. The molecular weight excluding hydrogens is 374 g/mol. The van der Waals surface area contributed by atoms with Crippen LogP contribution in [0.25, 0.3) is 17.0 Å². The van der Waals surface area contributed by atoms with E-state index in [0.29, 0.717) is 16.9 Å². The largest absolute Gasteiger partial charge is 0.497 e. The van der Waals surface area contributed by atoms with Gasteiger partial charge in [0, 0.05) is 28.2 Å². The molecule has 1 aromatic heterocycles. The van der Waals surface area contributed by atoms with E-state index in [2.05, 4.69) is 15.6 Å². The highest BCUT2D eigenvalue weighted by atomic mass is 16.5. The Kier molecular flexibility index (Phi) is 5.94. The fourth-order valence-electron chi connectivity index (χ4n) is 2.72. The first-order valence-corrected chi connectivity index (χ1v) is 8.71. The van der Waals surface area contributed by atoms with Crippen LogP contribution in [0.2, 0.25) is 0 Å². The second-order valence-corrected chi connectivity index (χ2v) is 6.11. The number of amides is 2. The van der Waals surface area contributed by atoms with Crippen LogP contribution in [0.5, 0.6) is 5.75 Å². The average molecular weight is 393 g/mol. The summed E-state index contributed by atoms with van der Waals surface area (Å²) in [5, 5.41) is 14.5. The highest BCUT2D eigenvalue weighted by molar-refractivity contribution is 6.07. The van der Waals surface area contributed by atoms with Crippen LogP contribution in [-0.2, 0) is 9.59 Å². The molecule has 0 aliphatic heterocycles. The smallest absolute Gasteiger partial charge is 0.322 e.